The monoisotopic (exact) mass is 151 g/mol. The number of halogens is 1. The van der Waals surface area contributed by atoms with E-state index in [0.717, 1.165) is 13.1 Å². The van der Waals surface area contributed by atoms with E-state index in [4.69, 9.17) is 4.74 Å². The molecule has 2 nitrogen and oxygen atoms in total. The Morgan fingerprint density at radius 1 is 1.44 bits per heavy atom. The zero-order valence-corrected chi connectivity index (χ0v) is 6.70. The summed E-state index contributed by atoms with van der Waals surface area (Å²) in [6.07, 6.45) is 0.454. The zero-order valence-electron chi connectivity index (χ0n) is 5.89. The summed E-state index contributed by atoms with van der Waals surface area (Å²) in [6, 6.07) is 0. The Kier molecular flexibility index (Phi) is 4.19. The average molecular weight is 152 g/mol. The SMILES string of the molecule is CO[C@@H]1CNC[C@@H]1C.Cl. The first-order valence-corrected chi connectivity index (χ1v) is 3.08. The molecule has 0 aliphatic carbocycles. The molecular weight excluding hydrogens is 138 g/mol. The lowest BCUT2D eigenvalue weighted by atomic mass is 10.1. The summed E-state index contributed by atoms with van der Waals surface area (Å²) in [5.41, 5.74) is 0. The quantitative estimate of drug-likeness (QED) is 0.595. The van der Waals surface area contributed by atoms with Crippen LogP contribution < -0.4 is 5.32 Å². The summed E-state index contributed by atoms with van der Waals surface area (Å²) >= 11 is 0. The maximum Gasteiger partial charge on any atom is 0.0733 e. The van der Waals surface area contributed by atoms with Gasteiger partial charge < -0.3 is 10.1 Å². The molecular formula is C6H14ClNO. The van der Waals surface area contributed by atoms with Crippen molar-refractivity contribution in [1.29, 1.82) is 0 Å². The molecule has 0 aromatic heterocycles. The van der Waals surface area contributed by atoms with Gasteiger partial charge in [0.25, 0.3) is 0 Å². The standard InChI is InChI=1S/C6H13NO.ClH/c1-5-3-7-4-6(5)8-2;/h5-7H,3-4H2,1-2H3;1H/t5-,6+;/m0./s1. The Balaban J connectivity index is 0.000000640. The Bertz CT molecular complexity index is 79.5. The maximum absolute atomic E-state index is 5.16. The van der Waals surface area contributed by atoms with Gasteiger partial charge >= 0.3 is 0 Å². The Hall–Kier alpha value is 0.210. The van der Waals surface area contributed by atoms with Crippen LogP contribution in [0.3, 0.4) is 0 Å². The van der Waals surface area contributed by atoms with Crippen molar-refractivity contribution in [2.24, 2.45) is 5.92 Å². The number of nitrogens with one attached hydrogen (secondary N) is 1. The minimum absolute atomic E-state index is 0. The van der Waals surface area contributed by atoms with E-state index in [0.29, 0.717) is 12.0 Å². The van der Waals surface area contributed by atoms with Crippen molar-refractivity contribution in [2.45, 2.75) is 13.0 Å². The van der Waals surface area contributed by atoms with Crippen LogP contribution in [0, 0.1) is 5.92 Å². The van der Waals surface area contributed by atoms with E-state index in [1.54, 1.807) is 7.11 Å². The van der Waals surface area contributed by atoms with Gasteiger partial charge in [-0.05, 0) is 5.92 Å². The molecule has 0 amide bonds. The van der Waals surface area contributed by atoms with Crippen LogP contribution in [0.25, 0.3) is 0 Å². The minimum Gasteiger partial charge on any atom is -0.380 e. The van der Waals surface area contributed by atoms with Crippen LogP contribution in [0.5, 0.6) is 0 Å². The lowest BCUT2D eigenvalue weighted by molar-refractivity contribution is 0.0892. The molecule has 56 valence electrons. The average Bonchev–Trinajstić information content (AvgIpc) is 2.14. The predicted octanol–water partition coefficient (Wildman–Crippen LogP) is 0.662. The molecule has 1 aliphatic rings. The van der Waals surface area contributed by atoms with Gasteiger partial charge in [-0.25, -0.2) is 0 Å². The fourth-order valence-electron chi connectivity index (χ4n) is 1.10. The molecule has 1 rings (SSSR count). The third-order valence-electron chi connectivity index (χ3n) is 1.75. The topological polar surface area (TPSA) is 21.3 Å². The van der Waals surface area contributed by atoms with E-state index in [1.807, 2.05) is 0 Å². The van der Waals surface area contributed by atoms with Gasteiger partial charge in [-0.3, -0.25) is 0 Å². The minimum atomic E-state index is 0. The first-order chi connectivity index (χ1) is 3.84. The third kappa shape index (κ3) is 2.12. The van der Waals surface area contributed by atoms with Crippen LogP contribution in [-0.4, -0.2) is 26.3 Å². The highest BCUT2D eigenvalue weighted by Crippen LogP contribution is 2.09. The first-order valence-electron chi connectivity index (χ1n) is 3.08. The molecule has 0 saturated carbocycles. The van der Waals surface area contributed by atoms with Crippen molar-refractivity contribution >= 4 is 12.4 Å². The van der Waals surface area contributed by atoms with E-state index >= 15 is 0 Å². The molecule has 0 aromatic carbocycles. The van der Waals surface area contributed by atoms with Gasteiger partial charge in [0.15, 0.2) is 0 Å². The van der Waals surface area contributed by atoms with Gasteiger partial charge in [0.2, 0.25) is 0 Å². The van der Waals surface area contributed by atoms with E-state index in [-0.39, 0.29) is 12.4 Å². The number of hydrogen-bond acceptors (Lipinski definition) is 2. The molecule has 0 unspecified atom stereocenters. The fraction of sp³-hybridized carbons (Fsp3) is 1.00. The second kappa shape index (κ2) is 4.09. The van der Waals surface area contributed by atoms with Crippen molar-refractivity contribution in [3.8, 4) is 0 Å². The van der Waals surface area contributed by atoms with Crippen molar-refractivity contribution in [2.75, 3.05) is 20.2 Å². The van der Waals surface area contributed by atoms with Gasteiger partial charge in [-0.15, -0.1) is 12.4 Å². The number of hydrogen-bond donors (Lipinski definition) is 1. The lowest BCUT2D eigenvalue weighted by Gasteiger charge is -2.09. The van der Waals surface area contributed by atoms with Gasteiger partial charge in [-0.2, -0.15) is 0 Å². The molecule has 1 fully saturated rings. The van der Waals surface area contributed by atoms with Crippen molar-refractivity contribution in [1.82, 2.24) is 5.32 Å². The van der Waals surface area contributed by atoms with Crippen LogP contribution in [0.4, 0.5) is 0 Å². The third-order valence-corrected chi connectivity index (χ3v) is 1.75. The molecule has 3 heteroatoms. The van der Waals surface area contributed by atoms with Crippen LogP contribution in [0.2, 0.25) is 0 Å². The molecule has 9 heavy (non-hydrogen) atoms. The van der Waals surface area contributed by atoms with Crippen molar-refractivity contribution in [3.63, 3.8) is 0 Å². The van der Waals surface area contributed by atoms with Gasteiger partial charge in [0.05, 0.1) is 6.10 Å². The van der Waals surface area contributed by atoms with Gasteiger partial charge in [0.1, 0.15) is 0 Å². The molecule has 1 saturated heterocycles. The lowest BCUT2D eigenvalue weighted by Crippen LogP contribution is -2.18. The molecule has 0 radical (unpaired) electrons. The highest BCUT2D eigenvalue weighted by molar-refractivity contribution is 5.85. The smallest absolute Gasteiger partial charge is 0.0733 e. The summed E-state index contributed by atoms with van der Waals surface area (Å²) in [6.45, 7) is 4.34. The number of methoxy groups -OCH3 is 1. The highest BCUT2D eigenvalue weighted by Gasteiger charge is 2.21. The molecule has 1 heterocycles. The summed E-state index contributed by atoms with van der Waals surface area (Å²) in [4.78, 5) is 0. The largest absolute Gasteiger partial charge is 0.380 e. The molecule has 0 bridgehead atoms. The molecule has 1 N–H and O–H groups in total. The summed E-state index contributed by atoms with van der Waals surface area (Å²) < 4.78 is 5.16. The van der Waals surface area contributed by atoms with Gasteiger partial charge in [-0.1, -0.05) is 6.92 Å². The van der Waals surface area contributed by atoms with Crippen LogP contribution in [0.1, 0.15) is 6.92 Å². The van der Waals surface area contributed by atoms with Crippen LogP contribution in [0.15, 0.2) is 0 Å². The molecule has 1 aliphatic heterocycles. The second-order valence-corrected chi connectivity index (χ2v) is 2.41. The maximum atomic E-state index is 5.16. The highest BCUT2D eigenvalue weighted by atomic mass is 35.5. The van der Waals surface area contributed by atoms with E-state index in [1.165, 1.54) is 0 Å². The Morgan fingerprint density at radius 2 is 2.11 bits per heavy atom. The molecule has 2 atom stereocenters. The van der Waals surface area contributed by atoms with E-state index < -0.39 is 0 Å². The fourth-order valence-corrected chi connectivity index (χ4v) is 1.10. The molecule has 0 spiro atoms. The molecule has 0 aromatic rings. The van der Waals surface area contributed by atoms with E-state index in [9.17, 15) is 0 Å². The van der Waals surface area contributed by atoms with Crippen LogP contribution >= 0.6 is 12.4 Å². The normalized spacial score (nSPS) is 34.0. The summed E-state index contributed by atoms with van der Waals surface area (Å²) in [7, 11) is 1.77. The van der Waals surface area contributed by atoms with Gasteiger partial charge in [0, 0.05) is 20.2 Å². The summed E-state index contributed by atoms with van der Waals surface area (Å²) in [5, 5.41) is 3.25. The first kappa shape index (κ1) is 9.21. The second-order valence-electron chi connectivity index (χ2n) is 2.41. The summed E-state index contributed by atoms with van der Waals surface area (Å²) in [5.74, 6) is 0.694. The zero-order chi connectivity index (χ0) is 5.98. The van der Waals surface area contributed by atoms with E-state index in [2.05, 4.69) is 12.2 Å². The Labute approximate surface area is 62.4 Å². The number of rotatable bonds is 1. The Morgan fingerprint density at radius 3 is 2.33 bits per heavy atom. The van der Waals surface area contributed by atoms with Crippen LogP contribution in [-0.2, 0) is 4.74 Å². The number of ether oxygens (including phenoxy) is 1. The van der Waals surface area contributed by atoms with Crippen molar-refractivity contribution in [3.05, 3.63) is 0 Å². The predicted molar refractivity (Wildman–Crippen MR) is 40.1 cm³/mol. The van der Waals surface area contributed by atoms with Crippen molar-refractivity contribution < 1.29 is 4.74 Å².